The van der Waals surface area contributed by atoms with Crippen molar-refractivity contribution in [3.63, 3.8) is 0 Å². The van der Waals surface area contributed by atoms with E-state index in [2.05, 4.69) is 15.4 Å². The molecule has 0 aliphatic heterocycles. The fraction of sp³-hybridized carbons (Fsp3) is 0.429. The quantitative estimate of drug-likeness (QED) is 0.879. The summed E-state index contributed by atoms with van der Waals surface area (Å²) in [6.07, 6.45) is 5.01. The lowest BCUT2D eigenvalue weighted by Crippen LogP contribution is -2.33. The van der Waals surface area contributed by atoms with E-state index in [1.54, 1.807) is 10.7 Å². The number of aliphatic carboxylic acids is 1. The first kappa shape index (κ1) is 13.5. The molecule has 7 heteroatoms. The predicted molar refractivity (Wildman–Crippen MR) is 74.0 cm³/mol. The zero-order valence-corrected chi connectivity index (χ0v) is 11.6. The van der Waals surface area contributed by atoms with Crippen molar-refractivity contribution in [1.29, 1.82) is 0 Å². The number of aromatic nitrogens is 3. The van der Waals surface area contributed by atoms with Gasteiger partial charge in [0, 0.05) is 17.9 Å². The first-order valence-electron chi connectivity index (χ1n) is 6.89. The summed E-state index contributed by atoms with van der Waals surface area (Å²) >= 11 is 0. The largest absolute Gasteiger partial charge is 0.481 e. The number of fused-ring (bicyclic) bond motifs is 1. The molecule has 7 nitrogen and oxygen atoms in total. The van der Waals surface area contributed by atoms with Crippen LogP contribution in [0.3, 0.4) is 0 Å². The number of hydrogen-bond donors (Lipinski definition) is 2. The van der Waals surface area contributed by atoms with E-state index in [1.165, 1.54) is 6.20 Å². The molecular formula is C14H16N4O3. The lowest BCUT2D eigenvalue weighted by atomic mass is 10.1. The van der Waals surface area contributed by atoms with Gasteiger partial charge in [-0.2, -0.15) is 5.10 Å². The molecule has 0 radical (unpaired) electrons. The van der Waals surface area contributed by atoms with Crippen LogP contribution in [0.1, 0.15) is 35.3 Å². The van der Waals surface area contributed by atoms with Crippen LogP contribution in [-0.2, 0) is 4.79 Å². The Hall–Kier alpha value is -2.44. The summed E-state index contributed by atoms with van der Waals surface area (Å²) < 4.78 is 1.55. The third kappa shape index (κ3) is 2.58. The van der Waals surface area contributed by atoms with E-state index in [0.29, 0.717) is 30.5 Å². The second-order valence-electron chi connectivity index (χ2n) is 5.41. The van der Waals surface area contributed by atoms with Crippen molar-refractivity contribution in [2.45, 2.75) is 32.2 Å². The third-order valence-electron chi connectivity index (χ3n) is 3.87. The summed E-state index contributed by atoms with van der Waals surface area (Å²) in [5.74, 6) is -1.40. The number of carbonyl (C=O) groups excluding carboxylic acids is 1. The average molecular weight is 288 g/mol. The number of hydrogen-bond acceptors (Lipinski definition) is 4. The molecule has 1 saturated carbocycles. The number of carboxylic acids is 1. The smallest absolute Gasteiger partial charge is 0.306 e. The van der Waals surface area contributed by atoms with E-state index in [9.17, 15) is 9.59 Å². The van der Waals surface area contributed by atoms with Crippen molar-refractivity contribution in [2.75, 3.05) is 0 Å². The van der Waals surface area contributed by atoms with Crippen molar-refractivity contribution in [1.82, 2.24) is 19.9 Å². The molecule has 2 atom stereocenters. The van der Waals surface area contributed by atoms with Crippen LogP contribution < -0.4 is 5.32 Å². The van der Waals surface area contributed by atoms with E-state index in [-0.39, 0.29) is 17.9 Å². The van der Waals surface area contributed by atoms with Crippen LogP contribution in [0.2, 0.25) is 0 Å². The molecule has 0 aromatic carbocycles. The fourth-order valence-corrected chi connectivity index (χ4v) is 2.72. The van der Waals surface area contributed by atoms with Gasteiger partial charge in [0.1, 0.15) is 5.56 Å². The van der Waals surface area contributed by atoms with Crippen LogP contribution in [0.4, 0.5) is 0 Å². The van der Waals surface area contributed by atoms with Crippen LogP contribution in [0.25, 0.3) is 5.65 Å². The van der Waals surface area contributed by atoms with Crippen LogP contribution >= 0.6 is 0 Å². The minimum absolute atomic E-state index is 0.0987. The molecule has 1 fully saturated rings. The van der Waals surface area contributed by atoms with Gasteiger partial charge in [-0.1, -0.05) is 0 Å². The van der Waals surface area contributed by atoms with Crippen molar-refractivity contribution < 1.29 is 14.7 Å². The molecule has 110 valence electrons. The molecule has 2 aromatic heterocycles. The first-order chi connectivity index (χ1) is 10.0. The van der Waals surface area contributed by atoms with Crippen molar-refractivity contribution >= 4 is 17.5 Å². The summed E-state index contributed by atoms with van der Waals surface area (Å²) in [5, 5.41) is 16.0. The Bertz CT molecular complexity index is 709. The first-order valence-corrected chi connectivity index (χ1v) is 6.89. The lowest BCUT2D eigenvalue weighted by Gasteiger charge is -2.11. The second-order valence-corrected chi connectivity index (χ2v) is 5.41. The van der Waals surface area contributed by atoms with Gasteiger partial charge in [0.15, 0.2) is 5.65 Å². The standard InChI is InChI=1S/C14H16N4O3/c1-8-4-5-18-12(16-8)11(7-15-18)13(19)17-10-3-2-9(6-10)14(20)21/h4-5,7,9-10H,2-3,6H2,1H3,(H,17,19)(H,20,21)/t9-,10+/m0/s1. The van der Waals surface area contributed by atoms with Gasteiger partial charge in [-0.25, -0.2) is 9.50 Å². The van der Waals surface area contributed by atoms with Gasteiger partial charge in [0.2, 0.25) is 0 Å². The van der Waals surface area contributed by atoms with Crippen LogP contribution in [0.15, 0.2) is 18.5 Å². The van der Waals surface area contributed by atoms with Gasteiger partial charge < -0.3 is 10.4 Å². The van der Waals surface area contributed by atoms with Gasteiger partial charge in [-0.3, -0.25) is 9.59 Å². The van der Waals surface area contributed by atoms with Gasteiger partial charge in [0.05, 0.1) is 12.1 Å². The normalized spacial score (nSPS) is 21.6. The number of rotatable bonds is 3. The highest BCUT2D eigenvalue weighted by atomic mass is 16.4. The molecule has 0 spiro atoms. The maximum absolute atomic E-state index is 12.3. The summed E-state index contributed by atoms with van der Waals surface area (Å²) in [7, 11) is 0. The number of amides is 1. The highest BCUT2D eigenvalue weighted by Crippen LogP contribution is 2.26. The van der Waals surface area contributed by atoms with Crippen LogP contribution in [0.5, 0.6) is 0 Å². The van der Waals surface area contributed by atoms with Crippen LogP contribution in [0, 0.1) is 12.8 Å². The Morgan fingerprint density at radius 1 is 1.43 bits per heavy atom. The Balaban J connectivity index is 1.76. The van der Waals surface area contributed by atoms with Crippen molar-refractivity contribution in [2.24, 2.45) is 5.92 Å². The molecule has 2 aromatic rings. The molecule has 3 rings (SSSR count). The number of aryl methyl sites for hydroxylation is 1. The molecule has 2 heterocycles. The summed E-state index contributed by atoms with van der Waals surface area (Å²) in [5.41, 5.74) is 1.74. The minimum atomic E-state index is -0.792. The van der Waals surface area contributed by atoms with E-state index in [4.69, 9.17) is 5.11 Å². The fourth-order valence-electron chi connectivity index (χ4n) is 2.72. The van der Waals surface area contributed by atoms with Gasteiger partial charge in [0.25, 0.3) is 5.91 Å². The maximum atomic E-state index is 12.3. The van der Waals surface area contributed by atoms with Gasteiger partial charge in [-0.05, 0) is 32.3 Å². The molecule has 1 amide bonds. The summed E-state index contributed by atoms with van der Waals surface area (Å²) in [6, 6.07) is 1.72. The average Bonchev–Trinajstić information content (AvgIpc) is 3.04. The molecule has 0 bridgehead atoms. The monoisotopic (exact) mass is 288 g/mol. The van der Waals surface area contributed by atoms with Gasteiger partial charge in [-0.15, -0.1) is 0 Å². The lowest BCUT2D eigenvalue weighted by molar-refractivity contribution is -0.141. The van der Waals surface area contributed by atoms with E-state index >= 15 is 0 Å². The SMILES string of the molecule is Cc1ccn2ncc(C(=O)N[C@@H]3CC[C@H](C(=O)O)C3)c2n1. The van der Waals surface area contributed by atoms with E-state index < -0.39 is 5.97 Å². The minimum Gasteiger partial charge on any atom is -0.481 e. The Morgan fingerprint density at radius 2 is 2.24 bits per heavy atom. The molecule has 21 heavy (non-hydrogen) atoms. The second kappa shape index (κ2) is 5.16. The topological polar surface area (TPSA) is 96.6 Å². The van der Waals surface area contributed by atoms with Crippen LogP contribution in [-0.4, -0.2) is 37.6 Å². The summed E-state index contributed by atoms with van der Waals surface area (Å²) in [4.78, 5) is 27.6. The molecule has 0 saturated heterocycles. The summed E-state index contributed by atoms with van der Waals surface area (Å²) in [6.45, 7) is 1.85. The highest BCUT2D eigenvalue weighted by molar-refractivity contribution is 5.99. The zero-order chi connectivity index (χ0) is 15.0. The number of nitrogens with one attached hydrogen (secondary N) is 1. The molecule has 2 N–H and O–H groups in total. The van der Waals surface area contributed by atoms with Gasteiger partial charge >= 0.3 is 5.97 Å². The van der Waals surface area contributed by atoms with E-state index in [1.807, 2.05) is 13.0 Å². The molecule has 1 aliphatic carbocycles. The highest BCUT2D eigenvalue weighted by Gasteiger charge is 2.31. The number of carbonyl (C=O) groups is 2. The zero-order valence-electron chi connectivity index (χ0n) is 11.6. The maximum Gasteiger partial charge on any atom is 0.306 e. The Morgan fingerprint density at radius 3 is 2.95 bits per heavy atom. The molecule has 0 unspecified atom stereocenters. The number of carboxylic acid groups (broad SMARTS) is 1. The molecular weight excluding hydrogens is 272 g/mol. The van der Waals surface area contributed by atoms with E-state index in [0.717, 1.165) is 5.69 Å². The molecule has 1 aliphatic rings. The predicted octanol–water partition coefficient (Wildman–Crippen LogP) is 1.02. The number of nitrogens with zero attached hydrogens (tertiary/aromatic N) is 3. The van der Waals surface area contributed by atoms with Crippen molar-refractivity contribution in [3.8, 4) is 0 Å². The Labute approximate surface area is 121 Å². The Kier molecular flexibility index (Phi) is 3.32. The van der Waals surface area contributed by atoms with Crippen molar-refractivity contribution in [3.05, 3.63) is 29.7 Å². The third-order valence-corrected chi connectivity index (χ3v) is 3.87.